The second-order valence-electron chi connectivity index (χ2n) is 4.01. The number of nitrogens with zero attached hydrogens (tertiary/aromatic N) is 4. The van der Waals surface area contributed by atoms with Gasteiger partial charge in [-0.25, -0.2) is 0 Å². The fourth-order valence-electron chi connectivity index (χ4n) is 1.71. The molecule has 0 bridgehead atoms. The first-order chi connectivity index (χ1) is 8.81. The van der Waals surface area contributed by atoms with Crippen molar-refractivity contribution in [2.75, 3.05) is 0 Å². The summed E-state index contributed by atoms with van der Waals surface area (Å²) in [5.41, 5.74) is 1.17. The van der Waals surface area contributed by atoms with Crippen LogP contribution >= 0.6 is 11.3 Å². The van der Waals surface area contributed by atoms with Crippen molar-refractivity contribution >= 4 is 11.3 Å². The summed E-state index contributed by atoms with van der Waals surface area (Å²) in [6.45, 7) is 0. The average Bonchev–Trinajstić information content (AvgIpc) is 3.07. The van der Waals surface area contributed by atoms with Gasteiger partial charge >= 0.3 is 0 Å². The van der Waals surface area contributed by atoms with E-state index in [0.29, 0.717) is 11.7 Å². The number of hydrogen-bond donors (Lipinski definition) is 0. The van der Waals surface area contributed by atoms with E-state index in [4.69, 9.17) is 4.52 Å². The van der Waals surface area contributed by atoms with Crippen LogP contribution in [0.4, 0.5) is 0 Å². The number of rotatable bonds is 4. The summed E-state index contributed by atoms with van der Waals surface area (Å²) in [6, 6.07) is 3.96. The van der Waals surface area contributed by atoms with Crippen molar-refractivity contribution in [3.63, 3.8) is 0 Å². The molecule has 0 unspecified atom stereocenters. The molecule has 6 heteroatoms. The van der Waals surface area contributed by atoms with Gasteiger partial charge in [0, 0.05) is 19.7 Å². The summed E-state index contributed by atoms with van der Waals surface area (Å²) < 4.78 is 7.03. The third kappa shape index (κ3) is 2.33. The molecule has 92 valence electrons. The Morgan fingerprint density at radius 3 is 3.06 bits per heavy atom. The van der Waals surface area contributed by atoms with Gasteiger partial charge in [0.2, 0.25) is 11.7 Å². The number of aryl methyl sites for hydroxylation is 3. The molecule has 0 radical (unpaired) electrons. The van der Waals surface area contributed by atoms with E-state index in [2.05, 4.69) is 15.2 Å². The van der Waals surface area contributed by atoms with Crippen molar-refractivity contribution in [3.8, 4) is 10.7 Å². The Hall–Kier alpha value is -1.95. The van der Waals surface area contributed by atoms with E-state index in [-0.39, 0.29) is 0 Å². The quantitative estimate of drug-likeness (QED) is 0.722. The molecule has 0 aromatic carbocycles. The molecule has 0 saturated heterocycles. The van der Waals surface area contributed by atoms with Gasteiger partial charge in [-0.15, -0.1) is 11.3 Å². The SMILES string of the molecule is Cn1cc(CCc2nc(-c3cccs3)no2)cn1. The summed E-state index contributed by atoms with van der Waals surface area (Å²) in [5.74, 6) is 1.34. The second-order valence-corrected chi connectivity index (χ2v) is 4.96. The second kappa shape index (κ2) is 4.73. The number of hydrogen-bond acceptors (Lipinski definition) is 5. The van der Waals surface area contributed by atoms with E-state index in [1.54, 1.807) is 16.0 Å². The van der Waals surface area contributed by atoms with Gasteiger partial charge in [-0.3, -0.25) is 4.68 Å². The maximum atomic E-state index is 5.24. The van der Waals surface area contributed by atoms with Crippen LogP contribution in [-0.4, -0.2) is 19.9 Å². The van der Waals surface area contributed by atoms with Crippen molar-refractivity contribution in [2.24, 2.45) is 7.05 Å². The molecular weight excluding hydrogens is 248 g/mol. The van der Waals surface area contributed by atoms with Crippen LogP contribution in [-0.2, 0) is 19.9 Å². The molecule has 18 heavy (non-hydrogen) atoms. The first-order valence-corrected chi connectivity index (χ1v) is 6.53. The molecule has 0 N–H and O–H groups in total. The molecule has 5 nitrogen and oxygen atoms in total. The summed E-state index contributed by atoms with van der Waals surface area (Å²) in [7, 11) is 1.91. The van der Waals surface area contributed by atoms with Gasteiger partial charge in [0.25, 0.3) is 0 Å². The van der Waals surface area contributed by atoms with Crippen LogP contribution in [0.1, 0.15) is 11.5 Å². The van der Waals surface area contributed by atoms with Crippen molar-refractivity contribution in [3.05, 3.63) is 41.4 Å². The maximum absolute atomic E-state index is 5.24. The van der Waals surface area contributed by atoms with Crippen LogP contribution in [0.25, 0.3) is 10.7 Å². The topological polar surface area (TPSA) is 56.7 Å². The summed E-state index contributed by atoms with van der Waals surface area (Å²) in [6.07, 6.45) is 5.46. The molecule has 3 heterocycles. The van der Waals surface area contributed by atoms with E-state index in [1.165, 1.54) is 5.56 Å². The molecule has 0 aliphatic carbocycles. The molecule has 0 amide bonds. The van der Waals surface area contributed by atoms with E-state index in [0.717, 1.165) is 17.7 Å². The zero-order chi connectivity index (χ0) is 12.4. The first-order valence-electron chi connectivity index (χ1n) is 5.65. The molecule has 0 fully saturated rings. The lowest BCUT2D eigenvalue weighted by Gasteiger charge is -1.91. The normalized spacial score (nSPS) is 10.9. The van der Waals surface area contributed by atoms with E-state index < -0.39 is 0 Å². The van der Waals surface area contributed by atoms with Crippen LogP contribution in [0.5, 0.6) is 0 Å². The van der Waals surface area contributed by atoms with Crippen molar-refractivity contribution in [2.45, 2.75) is 12.8 Å². The van der Waals surface area contributed by atoms with Gasteiger partial charge in [-0.05, 0) is 23.4 Å². The predicted molar refractivity (Wildman–Crippen MR) is 68.2 cm³/mol. The van der Waals surface area contributed by atoms with Gasteiger partial charge in [-0.1, -0.05) is 11.2 Å². The lowest BCUT2D eigenvalue weighted by Crippen LogP contribution is -1.90. The van der Waals surface area contributed by atoms with Crippen molar-refractivity contribution in [1.82, 2.24) is 19.9 Å². The Morgan fingerprint density at radius 2 is 2.33 bits per heavy atom. The molecule has 0 saturated carbocycles. The van der Waals surface area contributed by atoms with Crippen molar-refractivity contribution < 1.29 is 4.52 Å². The third-order valence-electron chi connectivity index (χ3n) is 2.60. The monoisotopic (exact) mass is 260 g/mol. The smallest absolute Gasteiger partial charge is 0.227 e. The zero-order valence-electron chi connectivity index (χ0n) is 9.91. The summed E-state index contributed by atoms with van der Waals surface area (Å²) >= 11 is 1.61. The van der Waals surface area contributed by atoms with Gasteiger partial charge < -0.3 is 4.52 Å². The lowest BCUT2D eigenvalue weighted by molar-refractivity contribution is 0.379. The molecule has 0 aliphatic rings. The molecule has 3 aromatic rings. The predicted octanol–water partition coefficient (Wildman–Crippen LogP) is 2.32. The average molecular weight is 260 g/mol. The Balaban J connectivity index is 1.67. The molecule has 0 spiro atoms. The van der Waals surface area contributed by atoms with Gasteiger partial charge in [0.1, 0.15) is 0 Å². The van der Waals surface area contributed by atoms with E-state index in [9.17, 15) is 0 Å². The van der Waals surface area contributed by atoms with Crippen LogP contribution in [0.15, 0.2) is 34.4 Å². The molecular formula is C12H12N4OS. The molecule has 3 aromatic heterocycles. The Labute approximate surface area is 108 Å². The third-order valence-corrected chi connectivity index (χ3v) is 3.46. The highest BCUT2D eigenvalue weighted by Gasteiger charge is 2.09. The van der Waals surface area contributed by atoms with Crippen LogP contribution in [0.3, 0.4) is 0 Å². The highest BCUT2D eigenvalue weighted by atomic mass is 32.1. The summed E-state index contributed by atoms with van der Waals surface area (Å²) in [5, 5.41) is 10.1. The standard InChI is InChI=1S/C12H12N4OS/c1-16-8-9(7-13-16)4-5-11-14-12(15-17-11)10-3-2-6-18-10/h2-3,6-8H,4-5H2,1H3. The van der Waals surface area contributed by atoms with Gasteiger partial charge in [0.05, 0.1) is 11.1 Å². The minimum atomic E-state index is 0.669. The minimum Gasteiger partial charge on any atom is -0.339 e. The zero-order valence-corrected chi connectivity index (χ0v) is 10.7. The van der Waals surface area contributed by atoms with Crippen LogP contribution in [0.2, 0.25) is 0 Å². The minimum absolute atomic E-state index is 0.669. The Morgan fingerprint density at radius 1 is 1.39 bits per heavy atom. The summed E-state index contributed by atoms with van der Waals surface area (Å²) in [4.78, 5) is 5.41. The first kappa shape index (κ1) is 11.2. The molecule has 0 aliphatic heterocycles. The fourth-order valence-corrected chi connectivity index (χ4v) is 2.36. The van der Waals surface area contributed by atoms with E-state index >= 15 is 0 Å². The number of aromatic nitrogens is 4. The Bertz CT molecular complexity index is 626. The highest BCUT2D eigenvalue weighted by Crippen LogP contribution is 2.21. The molecule has 0 atom stereocenters. The Kier molecular flexibility index (Phi) is 2.93. The van der Waals surface area contributed by atoms with Crippen molar-refractivity contribution in [1.29, 1.82) is 0 Å². The largest absolute Gasteiger partial charge is 0.339 e. The lowest BCUT2D eigenvalue weighted by atomic mass is 10.2. The van der Waals surface area contributed by atoms with E-state index in [1.807, 2.05) is 37.0 Å². The van der Waals surface area contributed by atoms with Crippen LogP contribution < -0.4 is 0 Å². The van der Waals surface area contributed by atoms with Gasteiger partial charge in [-0.2, -0.15) is 10.1 Å². The highest BCUT2D eigenvalue weighted by molar-refractivity contribution is 7.13. The molecule has 3 rings (SSSR count). The van der Waals surface area contributed by atoms with Crippen LogP contribution in [0, 0.1) is 0 Å². The maximum Gasteiger partial charge on any atom is 0.227 e. The fraction of sp³-hybridized carbons (Fsp3) is 0.250. The number of thiophene rings is 1. The van der Waals surface area contributed by atoms with Gasteiger partial charge in [0.15, 0.2) is 0 Å².